The Morgan fingerprint density at radius 1 is 1.09 bits per heavy atom. The van der Waals surface area contributed by atoms with E-state index in [1.54, 1.807) is 0 Å². The molecule has 4 fully saturated rings. The summed E-state index contributed by atoms with van der Waals surface area (Å²) in [5.74, 6) is 0.785. The predicted molar refractivity (Wildman–Crippen MR) is 140 cm³/mol. The fraction of sp³-hybridized carbons (Fsp3) is 0.750. The molecule has 34 heavy (non-hydrogen) atoms. The van der Waals surface area contributed by atoms with Crippen molar-refractivity contribution in [3.63, 3.8) is 0 Å². The first-order valence-electron chi connectivity index (χ1n) is 13.3. The summed E-state index contributed by atoms with van der Waals surface area (Å²) in [6, 6.07) is 10.6. The fourth-order valence-electron chi connectivity index (χ4n) is 7.36. The molecule has 188 valence electrons. The summed E-state index contributed by atoms with van der Waals surface area (Å²) in [6.07, 6.45) is 7.34. The molecule has 5 rings (SSSR count). The number of hydrogen-bond donors (Lipinski definition) is 0. The summed E-state index contributed by atoms with van der Waals surface area (Å²) in [4.78, 5) is 14.1. The zero-order valence-electron chi connectivity index (χ0n) is 21.8. The van der Waals surface area contributed by atoms with Crippen LogP contribution >= 0.6 is 11.8 Å². The molecule has 1 heterocycles. The molecule has 6 heteroatoms. The van der Waals surface area contributed by atoms with Gasteiger partial charge < -0.3 is 13.9 Å². The SMILES string of the molecule is C[C@@H]1CC23CCCCC(CC[C@H](Sc4ccccc4)[C@@]24OC(=O)O[C@@H]14)C3O[Si](C)(C)C(C)(C)C. The molecule has 0 aromatic heterocycles. The molecule has 1 aromatic rings. The van der Waals surface area contributed by atoms with Gasteiger partial charge in [-0.15, -0.1) is 11.8 Å². The van der Waals surface area contributed by atoms with E-state index in [2.05, 4.69) is 71.1 Å². The molecule has 0 amide bonds. The lowest BCUT2D eigenvalue weighted by molar-refractivity contribution is -0.120. The van der Waals surface area contributed by atoms with Crippen LogP contribution in [0.5, 0.6) is 0 Å². The van der Waals surface area contributed by atoms with E-state index < -0.39 is 20.1 Å². The molecule has 1 aliphatic heterocycles. The highest BCUT2D eigenvalue weighted by atomic mass is 32.2. The summed E-state index contributed by atoms with van der Waals surface area (Å²) < 4.78 is 20.0. The van der Waals surface area contributed by atoms with Crippen molar-refractivity contribution < 1.29 is 18.7 Å². The highest BCUT2D eigenvalue weighted by Gasteiger charge is 2.77. The van der Waals surface area contributed by atoms with Crippen LogP contribution < -0.4 is 0 Å². The van der Waals surface area contributed by atoms with E-state index in [9.17, 15) is 4.79 Å². The molecule has 1 saturated heterocycles. The predicted octanol–water partition coefficient (Wildman–Crippen LogP) is 7.82. The molecule has 0 N–H and O–H groups in total. The number of thioether (sulfide) groups is 1. The Kier molecular flexibility index (Phi) is 6.21. The Labute approximate surface area is 211 Å². The maximum absolute atomic E-state index is 12.9. The van der Waals surface area contributed by atoms with Gasteiger partial charge in [-0.2, -0.15) is 0 Å². The van der Waals surface area contributed by atoms with Crippen LogP contribution in [-0.2, 0) is 13.9 Å². The van der Waals surface area contributed by atoms with Gasteiger partial charge in [0.25, 0.3) is 0 Å². The molecule has 1 aromatic carbocycles. The van der Waals surface area contributed by atoms with Crippen molar-refractivity contribution in [1.82, 2.24) is 0 Å². The fourth-order valence-corrected chi connectivity index (χ4v) is 10.3. The van der Waals surface area contributed by atoms with Gasteiger partial charge in [0, 0.05) is 10.3 Å². The lowest BCUT2D eigenvalue weighted by atomic mass is 9.65. The molecular formula is C28H42O4SSi. The van der Waals surface area contributed by atoms with Crippen LogP contribution in [0.3, 0.4) is 0 Å². The van der Waals surface area contributed by atoms with Crippen molar-refractivity contribution in [1.29, 1.82) is 0 Å². The highest BCUT2D eigenvalue weighted by Crippen LogP contribution is 2.68. The zero-order valence-corrected chi connectivity index (χ0v) is 23.6. The normalized spacial score (nSPS) is 39.9. The molecule has 7 atom stereocenters. The summed E-state index contributed by atoms with van der Waals surface area (Å²) in [6.45, 7) is 14.0. The maximum atomic E-state index is 12.9. The van der Waals surface area contributed by atoms with Crippen molar-refractivity contribution >= 4 is 26.2 Å². The molecule has 2 bridgehead atoms. The van der Waals surface area contributed by atoms with Gasteiger partial charge in [0.05, 0.1) is 11.4 Å². The molecular weight excluding hydrogens is 460 g/mol. The second kappa shape index (κ2) is 8.55. The Morgan fingerprint density at radius 2 is 1.82 bits per heavy atom. The molecule has 3 aliphatic carbocycles. The minimum Gasteiger partial charge on any atom is -0.426 e. The smallest absolute Gasteiger partial charge is 0.426 e. The third-order valence-electron chi connectivity index (χ3n) is 9.83. The Hall–Kier alpha value is -0.983. The first-order valence-corrected chi connectivity index (χ1v) is 17.1. The van der Waals surface area contributed by atoms with Gasteiger partial charge in [-0.25, -0.2) is 4.79 Å². The monoisotopic (exact) mass is 502 g/mol. The van der Waals surface area contributed by atoms with Crippen LogP contribution in [0, 0.1) is 17.3 Å². The second-order valence-corrected chi connectivity index (χ2v) is 18.9. The van der Waals surface area contributed by atoms with E-state index in [-0.39, 0.29) is 33.8 Å². The van der Waals surface area contributed by atoms with E-state index in [1.807, 2.05) is 11.8 Å². The lowest BCUT2D eigenvalue weighted by Gasteiger charge is -2.52. The first-order chi connectivity index (χ1) is 16.0. The molecule has 3 saturated carbocycles. The minimum atomic E-state index is -2.04. The maximum Gasteiger partial charge on any atom is 0.509 e. The number of carbonyl (C=O) groups excluding carboxylic acids is 1. The van der Waals surface area contributed by atoms with Crippen LogP contribution in [0.25, 0.3) is 0 Å². The van der Waals surface area contributed by atoms with E-state index in [1.165, 1.54) is 24.2 Å². The van der Waals surface area contributed by atoms with Gasteiger partial charge in [0.2, 0.25) is 0 Å². The number of carbonyl (C=O) groups is 1. The third-order valence-corrected chi connectivity index (χ3v) is 15.7. The topological polar surface area (TPSA) is 44.8 Å². The van der Waals surface area contributed by atoms with Crippen molar-refractivity contribution in [2.75, 3.05) is 0 Å². The van der Waals surface area contributed by atoms with Gasteiger partial charge in [0.15, 0.2) is 13.9 Å². The summed E-state index contributed by atoms with van der Waals surface area (Å²) in [5.41, 5.74) is -0.820. The standard InChI is InChI=1S/C28H42O4SSi/c1-19-18-27-17-11-10-12-20(24(27)32-34(5,6)26(2,3)4)15-16-22(33-21-13-8-7-9-14-21)28(27)23(19)30-25(29)31-28/h7-9,13-14,19-20,22-24H,10-12,15-18H2,1-6H3/t19-,20?,22+,23+,24?,27?,28+/m1/s1. The molecule has 3 unspecified atom stereocenters. The first kappa shape index (κ1) is 24.7. The Balaban J connectivity index is 1.66. The van der Waals surface area contributed by atoms with Gasteiger partial charge in [-0.1, -0.05) is 58.7 Å². The van der Waals surface area contributed by atoms with Gasteiger partial charge in [-0.05, 0) is 74.2 Å². The van der Waals surface area contributed by atoms with Gasteiger partial charge >= 0.3 is 6.16 Å². The third kappa shape index (κ3) is 3.69. The average molecular weight is 503 g/mol. The molecule has 4 nitrogen and oxygen atoms in total. The Bertz CT molecular complexity index is 915. The van der Waals surface area contributed by atoms with Gasteiger partial charge in [0.1, 0.15) is 6.10 Å². The number of ether oxygens (including phenoxy) is 2. The number of fused-ring (bicyclic) bond motifs is 1. The van der Waals surface area contributed by atoms with E-state index in [4.69, 9.17) is 13.9 Å². The summed E-state index contributed by atoms with van der Waals surface area (Å²) >= 11 is 1.90. The van der Waals surface area contributed by atoms with Crippen LogP contribution in [-0.4, -0.2) is 37.5 Å². The zero-order chi connectivity index (χ0) is 24.4. The van der Waals surface area contributed by atoms with Crippen LogP contribution in [0.4, 0.5) is 4.79 Å². The Morgan fingerprint density at radius 3 is 2.53 bits per heavy atom. The molecule has 4 aliphatic rings. The van der Waals surface area contributed by atoms with Crippen LogP contribution in [0.2, 0.25) is 18.1 Å². The van der Waals surface area contributed by atoms with Crippen molar-refractivity contribution in [2.24, 2.45) is 17.3 Å². The number of rotatable bonds is 4. The second-order valence-electron chi connectivity index (χ2n) is 12.8. The largest absolute Gasteiger partial charge is 0.509 e. The summed E-state index contributed by atoms with van der Waals surface area (Å²) in [5, 5.41) is 0.307. The molecule has 0 radical (unpaired) electrons. The quantitative estimate of drug-likeness (QED) is 0.310. The van der Waals surface area contributed by atoms with Crippen LogP contribution in [0.15, 0.2) is 35.2 Å². The van der Waals surface area contributed by atoms with E-state index >= 15 is 0 Å². The van der Waals surface area contributed by atoms with Crippen molar-refractivity contribution in [3.8, 4) is 0 Å². The average Bonchev–Trinajstić information content (AvgIpc) is 3.13. The van der Waals surface area contributed by atoms with Gasteiger partial charge in [-0.3, -0.25) is 0 Å². The van der Waals surface area contributed by atoms with Crippen molar-refractivity contribution in [3.05, 3.63) is 30.3 Å². The molecule has 2 spiro atoms. The van der Waals surface area contributed by atoms with E-state index in [0.29, 0.717) is 5.92 Å². The number of hydrogen-bond acceptors (Lipinski definition) is 5. The lowest BCUT2D eigenvalue weighted by Crippen LogP contribution is -2.63. The van der Waals surface area contributed by atoms with Crippen molar-refractivity contribution in [2.45, 2.75) is 119 Å². The van der Waals surface area contributed by atoms with Crippen LogP contribution in [0.1, 0.15) is 72.6 Å². The van der Waals surface area contributed by atoms with E-state index in [0.717, 1.165) is 25.7 Å². The number of benzene rings is 1. The highest BCUT2D eigenvalue weighted by molar-refractivity contribution is 8.00. The summed E-state index contributed by atoms with van der Waals surface area (Å²) in [7, 11) is -2.04. The minimum absolute atomic E-state index is 0.124.